The standard InChI is InChI=1S/C24H33N6O3/c1-18(2)29(19(3)4)13-14-32-23-21(7-6-8-27-23)31-15-16-33-24-22(26-9-10-28-24)30-12-11-25-17-20(30)5/h6-12,17-19H,13-16H2,1-5H3/q+1. The normalized spacial score (nSPS) is 11.3. The highest BCUT2D eigenvalue weighted by Gasteiger charge is 2.19. The minimum Gasteiger partial charge on any atom is -0.484 e. The summed E-state index contributed by atoms with van der Waals surface area (Å²) in [6, 6.07) is 4.56. The Labute approximate surface area is 195 Å². The predicted molar refractivity (Wildman–Crippen MR) is 124 cm³/mol. The lowest BCUT2D eigenvalue weighted by Gasteiger charge is -2.30. The second-order valence-corrected chi connectivity index (χ2v) is 8.05. The highest BCUT2D eigenvalue weighted by Crippen LogP contribution is 2.23. The maximum absolute atomic E-state index is 5.92. The zero-order chi connectivity index (χ0) is 23.6. The van der Waals surface area contributed by atoms with E-state index in [1.54, 1.807) is 31.0 Å². The lowest BCUT2D eigenvalue weighted by atomic mass is 10.2. The van der Waals surface area contributed by atoms with Crippen LogP contribution in [0.25, 0.3) is 5.82 Å². The lowest BCUT2D eigenvalue weighted by molar-refractivity contribution is -0.607. The maximum Gasteiger partial charge on any atom is 0.391 e. The van der Waals surface area contributed by atoms with Crippen LogP contribution in [0.4, 0.5) is 0 Å². The summed E-state index contributed by atoms with van der Waals surface area (Å²) in [7, 11) is 0. The number of nitrogens with zero attached hydrogens (tertiary/aromatic N) is 6. The zero-order valence-electron chi connectivity index (χ0n) is 20.0. The fourth-order valence-electron chi connectivity index (χ4n) is 3.50. The van der Waals surface area contributed by atoms with Crippen LogP contribution in [-0.2, 0) is 0 Å². The van der Waals surface area contributed by atoms with Crippen molar-refractivity contribution in [3.8, 4) is 23.3 Å². The molecule has 0 atom stereocenters. The molecule has 0 fully saturated rings. The first kappa shape index (κ1) is 24.3. The van der Waals surface area contributed by atoms with Gasteiger partial charge in [-0.3, -0.25) is 9.88 Å². The van der Waals surface area contributed by atoms with E-state index in [0.717, 1.165) is 12.2 Å². The first-order chi connectivity index (χ1) is 16.0. The summed E-state index contributed by atoms with van der Waals surface area (Å²) in [6.45, 7) is 12.6. The van der Waals surface area contributed by atoms with Gasteiger partial charge in [-0.25, -0.2) is 9.97 Å². The van der Waals surface area contributed by atoms with Crippen molar-refractivity contribution in [2.75, 3.05) is 26.4 Å². The quantitative estimate of drug-likeness (QED) is 0.306. The fraction of sp³-hybridized carbons (Fsp3) is 0.458. The first-order valence-electron chi connectivity index (χ1n) is 11.2. The summed E-state index contributed by atoms with van der Waals surface area (Å²) in [5.74, 6) is 2.08. The molecule has 0 saturated carbocycles. The van der Waals surface area contributed by atoms with Crippen LogP contribution in [-0.4, -0.2) is 63.3 Å². The number of ether oxygens (including phenoxy) is 3. The molecule has 0 aliphatic rings. The molecule has 3 aromatic rings. The average molecular weight is 454 g/mol. The molecule has 9 nitrogen and oxygen atoms in total. The summed E-state index contributed by atoms with van der Waals surface area (Å²) in [6.07, 6.45) is 10.2. The maximum atomic E-state index is 5.92. The highest BCUT2D eigenvalue weighted by atomic mass is 16.5. The second kappa shape index (κ2) is 12.1. The predicted octanol–water partition coefficient (Wildman–Crippen LogP) is 2.81. The third-order valence-corrected chi connectivity index (χ3v) is 5.05. The minimum atomic E-state index is 0.291. The van der Waals surface area contributed by atoms with Crippen LogP contribution in [0.15, 0.2) is 49.3 Å². The largest absolute Gasteiger partial charge is 0.484 e. The molecule has 0 radical (unpaired) electrons. The Kier molecular flexibility index (Phi) is 8.88. The molecular weight excluding hydrogens is 420 g/mol. The molecule has 3 aromatic heterocycles. The summed E-state index contributed by atoms with van der Waals surface area (Å²) < 4.78 is 19.6. The summed E-state index contributed by atoms with van der Waals surface area (Å²) in [4.78, 5) is 19.5. The molecule has 176 valence electrons. The highest BCUT2D eigenvalue weighted by molar-refractivity contribution is 5.32. The minimum absolute atomic E-state index is 0.291. The molecule has 9 heteroatoms. The molecular formula is C24H33N6O3+. The van der Waals surface area contributed by atoms with Crippen LogP contribution < -0.4 is 18.8 Å². The molecule has 33 heavy (non-hydrogen) atoms. The van der Waals surface area contributed by atoms with Crippen LogP contribution >= 0.6 is 0 Å². The van der Waals surface area contributed by atoms with E-state index in [1.807, 2.05) is 29.8 Å². The molecule has 0 aliphatic carbocycles. The number of rotatable bonds is 12. The van der Waals surface area contributed by atoms with Crippen molar-refractivity contribution in [1.82, 2.24) is 24.8 Å². The number of aromatic nitrogens is 5. The van der Waals surface area contributed by atoms with E-state index in [4.69, 9.17) is 14.2 Å². The number of aryl methyl sites for hydroxylation is 1. The fourth-order valence-corrected chi connectivity index (χ4v) is 3.50. The Morgan fingerprint density at radius 3 is 2.30 bits per heavy atom. The van der Waals surface area contributed by atoms with Gasteiger partial charge in [0, 0.05) is 24.8 Å². The van der Waals surface area contributed by atoms with Crippen molar-refractivity contribution in [2.24, 2.45) is 0 Å². The second-order valence-electron chi connectivity index (χ2n) is 8.05. The third-order valence-electron chi connectivity index (χ3n) is 5.05. The van der Waals surface area contributed by atoms with E-state index in [2.05, 4.69) is 52.5 Å². The van der Waals surface area contributed by atoms with Crippen LogP contribution in [0.1, 0.15) is 33.4 Å². The van der Waals surface area contributed by atoms with Gasteiger partial charge in [-0.1, -0.05) is 0 Å². The van der Waals surface area contributed by atoms with E-state index >= 15 is 0 Å². The number of hydrogen-bond donors (Lipinski definition) is 0. The number of pyridine rings is 1. The van der Waals surface area contributed by atoms with Gasteiger partial charge in [-0.05, 0) is 51.7 Å². The Bertz CT molecular complexity index is 1010. The zero-order valence-corrected chi connectivity index (χ0v) is 20.0. The molecule has 0 aromatic carbocycles. The summed E-state index contributed by atoms with van der Waals surface area (Å²) in [5.41, 5.74) is 0.921. The van der Waals surface area contributed by atoms with Crippen LogP contribution in [0.3, 0.4) is 0 Å². The average Bonchev–Trinajstić information content (AvgIpc) is 2.80. The molecule has 0 bridgehead atoms. The molecule has 0 aliphatic heterocycles. The van der Waals surface area contributed by atoms with Gasteiger partial charge in [0.25, 0.3) is 5.88 Å². The van der Waals surface area contributed by atoms with Gasteiger partial charge in [0.1, 0.15) is 31.7 Å². The van der Waals surface area contributed by atoms with Crippen LogP contribution in [0.2, 0.25) is 0 Å². The van der Waals surface area contributed by atoms with E-state index in [-0.39, 0.29) is 0 Å². The van der Waals surface area contributed by atoms with Gasteiger partial charge in [0.05, 0.1) is 18.6 Å². The Balaban J connectivity index is 1.55. The lowest BCUT2D eigenvalue weighted by Crippen LogP contribution is -2.39. The van der Waals surface area contributed by atoms with Crippen LogP contribution in [0, 0.1) is 6.92 Å². The summed E-state index contributed by atoms with van der Waals surface area (Å²) >= 11 is 0. The third kappa shape index (κ3) is 6.82. The smallest absolute Gasteiger partial charge is 0.391 e. The van der Waals surface area contributed by atoms with E-state index in [1.165, 1.54) is 0 Å². The van der Waals surface area contributed by atoms with Gasteiger partial charge < -0.3 is 14.2 Å². The van der Waals surface area contributed by atoms with Crippen molar-refractivity contribution < 1.29 is 18.8 Å². The van der Waals surface area contributed by atoms with Crippen molar-refractivity contribution in [1.29, 1.82) is 0 Å². The van der Waals surface area contributed by atoms with Crippen LogP contribution in [0.5, 0.6) is 17.5 Å². The molecule has 0 N–H and O–H groups in total. The van der Waals surface area contributed by atoms with Gasteiger partial charge in [-0.2, -0.15) is 4.57 Å². The topological polar surface area (TPSA) is 86.4 Å². The Hall–Kier alpha value is -3.33. The first-order valence-corrected chi connectivity index (χ1v) is 11.2. The Morgan fingerprint density at radius 2 is 1.55 bits per heavy atom. The SMILES string of the molecule is Cc1cncc[n+]1-c1nccnc1OCCOc1cccnc1OCCN(C(C)C)C(C)C. The number of hydrogen-bond acceptors (Lipinski definition) is 8. The molecule has 3 rings (SSSR count). The summed E-state index contributed by atoms with van der Waals surface area (Å²) in [5, 5.41) is 0. The van der Waals surface area contributed by atoms with Crippen molar-refractivity contribution in [2.45, 2.75) is 46.7 Å². The molecule has 0 unspecified atom stereocenters. The van der Waals surface area contributed by atoms with E-state index in [0.29, 0.717) is 55.2 Å². The molecule has 3 heterocycles. The monoisotopic (exact) mass is 453 g/mol. The van der Waals surface area contributed by atoms with E-state index < -0.39 is 0 Å². The Morgan fingerprint density at radius 1 is 0.848 bits per heavy atom. The molecule has 0 spiro atoms. The molecule has 0 saturated heterocycles. The van der Waals surface area contributed by atoms with Crippen molar-refractivity contribution in [3.05, 3.63) is 55.0 Å². The van der Waals surface area contributed by atoms with Gasteiger partial charge >= 0.3 is 11.7 Å². The van der Waals surface area contributed by atoms with Crippen molar-refractivity contribution in [3.63, 3.8) is 0 Å². The van der Waals surface area contributed by atoms with E-state index in [9.17, 15) is 0 Å². The van der Waals surface area contributed by atoms with Crippen molar-refractivity contribution >= 4 is 0 Å². The van der Waals surface area contributed by atoms with Gasteiger partial charge in [-0.15, -0.1) is 0 Å². The van der Waals surface area contributed by atoms with Gasteiger partial charge in [0.2, 0.25) is 0 Å². The molecule has 0 amide bonds. The van der Waals surface area contributed by atoms with Gasteiger partial charge in [0.15, 0.2) is 11.9 Å².